The van der Waals surface area contributed by atoms with Crippen molar-refractivity contribution >= 4 is 22.8 Å². The number of hydrogen-bond acceptors (Lipinski definition) is 5. The largest absolute Gasteiger partial charge is 0.466 e. The van der Waals surface area contributed by atoms with E-state index < -0.39 is 17.4 Å². The fourth-order valence-corrected chi connectivity index (χ4v) is 2.51. The summed E-state index contributed by atoms with van der Waals surface area (Å²) in [5, 5.41) is 0.408. The first-order valence-corrected chi connectivity index (χ1v) is 7.44. The van der Waals surface area contributed by atoms with Gasteiger partial charge in [0.25, 0.3) is 0 Å². The van der Waals surface area contributed by atoms with Crippen LogP contribution in [0.5, 0.6) is 0 Å². The zero-order valence-corrected chi connectivity index (χ0v) is 13.4. The third-order valence-corrected chi connectivity index (χ3v) is 3.53. The Morgan fingerprint density at radius 2 is 1.74 bits per heavy atom. The Balaban J connectivity index is 2.72. The second-order valence-corrected chi connectivity index (χ2v) is 4.93. The van der Waals surface area contributed by atoms with Crippen molar-refractivity contribution in [2.75, 3.05) is 13.2 Å². The van der Waals surface area contributed by atoms with Crippen LogP contribution >= 0.6 is 0 Å². The molecule has 1 heterocycles. The number of pyridine rings is 1. The third-order valence-electron chi connectivity index (χ3n) is 3.53. The van der Waals surface area contributed by atoms with Crippen molar-refractivity contribution in [1.29, 1.82) is 0 Å². The monoisotopic (exact) mass is 317 g/mol. The number of rotatable bonds is 5. The molecule has 0 radical (unpaired) electrons. The Morgan fingerprint density at radius 1 is 1.09 bits per heavy atom. The highest BCUT2D eigenvalue weighted by atomic mass is 16.5. The lowest BCUT2D eigenvalue weighted by Gasteiger charge is -2.16. The lowest BCUT2D eigenvalue weighted by atomic mass is 10.1. The first kappa shape index (κ1) is 16.7. The van der Waals surface area contributed by atoms with Gasteiger partial charge in [-0.15, -0.1) is 0 Å². The van der Waals surface area contributed by atoms with Gasteiger partial charge in [-0.3, -0.25) is 9.59 Å². The number of aryl methyl sites for hydroxylation is 1. The van der Waals surface area contributed by atoms with Crippen molar-refractivity contribution in [3.63, 3.8) is 0 Å². The average Bonchev–Trinajstić information content (AvgIpc) is 2.53. The molecule has 1 aromatic carbocycles. The van der Waals surface area contributed by atoms with Crippen LogP contribution in [0.3, 0.4) is 0 Å². The Hall–Kier alpha value is -2.63. The highest BCUT2D eigenvalue weighted by molar-refractivity contribution is 5.96. The standard InChI is InChI=1S/C17H19NO5/c1-4-22-14(19)10-13-15(17(21)23-5-2)16(20)11-8-6-7-9-12(11)18(13)3/h6-9H,4-5,10H2,1-3H3. The Labute approximate surface area is 133 Å². The molecule has 0 spiro atoms. The molecule has 23 heavy (non-hydrogen) atoms. The minimum absolute atomic E-state index is 0.110. The van der Waals surface area contributed by atoms with E-state index in [1.165, 1.54) is 0 Å². The maximum absolute atomic E-state index is 12.7. The predicted molar refractivity (Wildman–Crippen MR) is 85.5 cm³/mol. The number of ether oxygens (including phenoxy) is 2. The van der Waals surface area contributed by atoms with Crippen LogP contribution in [0.25, 0.3) is 10.9 Å². The number of hydrogen-bond donors (Lipinski definition) is 0. The number of nitrogens with zero attached hydrogens (tertiary/aromatic N) is 1. The summed E-state index contributed by atoms with van der Waals surface area (Å²) in [7, 11) is 1.71. The third kappa shape index (κ3) is 3.26. The molecular formula is C17H19NO5. The molecule has 0 bridgehead atoms. The number of para-hydroxylation sites is 1. The topological polar surface area (TPSA) is 74.6 Å². The first-order chi connectivity index (χ1) is 11.0. The molecule has 0 N–H and O–H groups in total. The van der Waals surface area contributed by atoms with Crippen LogP contribution < -0.4 is 5.43 Å². The lowest BCUT2D eigenvalue weighted by molar-refractivity contribution is -0.142. The van der Waals surface area contributed by atoms with Crippen LogP contribution in [0.4, 0.5) is 0 Å². The molecule has 2 aromatic rings. The highest BCUT2D eigenvalue weighted by Crippen LogP contribution is 2.17. The second-order valence-electron chi connectivity index (χ2n) is 4.93. The van der Waals surface area contributed by atoms with Gasteiger partial charge in [-0.05, 0) is 26.0 Å². The quantitative estimate of drug-likeness (QED) is 0.786. The van der Waals surface area contributed by atoms with Gasteiger partial charge < -0.3 is 14.0 Å². The van der Waals surface area contributed by atoms with Crippen LogP contribution in [-0.2, 0) is 27.7 Å². The van der Waals surface area contributed by atoms with E-state index in [1.807, 2.05) is 0 Å². The van der Waals surface area contributed by atoms with Crippen LogP contribution in [0.2, 0.25) is 0 Å². The Morgan fingerprint density at radius 3 is 2.39 bits per heavy atom. The van der Waals surface area contributed by atoms with Crippen molar-refractivity contribution in [2.24, 2.45) is 7.05 Å². The SMILES string of the molecule is CCOC(=O)Cc1c(C(=O)OCC)c(=O)c2ccccc2n1C. The van der Waals surface area contributed by atoms with Crippen molar-refractivity contribution in [3.05, 3.63) is 45.7 Å². The molecule has 0 amide bonds. The van der Waals surface area contributed by atoms with E-state index in [2.05, 4.69) is 0 Å². The number of fused-ring (bicyclic) bond motifs is 1. The maximum atomic E-state index is 12.7. The van der Waals surface area contributed by atoms with E-state index in [-0.39, 0.29) is 25.2 Å². The zero-order chi connectivity index (χ0) is 17.0. The lowest BCUT2D eigenvalue weighted by Crippen LogP contribution is -2.26. The maximum Gasteiger partial charge on any atom is 0.343 e. The predicted octanol–water partition coefficient (Wildman–Crippen LogP) is 1.82. The average molecular weight is 317 g/mol. The van der Waals surface area contributed by atoms with E-state index in [0.717, 1.165) is 0 Å². The molecule has 0 saturated heterocycles. The molecule has 6 heteroatoms. The van der Waals surface area contributed by atoms with Gasteiger partial charge in [0.15, 0.2) is 0 Å². The highest BCUT2D eigenvalue weighted by Gasteiger charge is 2.24. The number of carbonyl (C=O) groups excluding carboxylic acids is 2. The molecular weight excluding hydrogens is 298 g/mol. The van der Waals surface area contributed by atoms with E-state index in [0.29, 0.717) is 16.6 Å². The fraction of sp³-hybridized carbons (Fsp3) is 0.353. The summed E-state index contributed by atoms with van der Waals surface area (Å²) >= 11 is 0. The van der Waals surface area contributed by atoms with E-state index in [4.69, 9.17) is 9.47 Å². The smallest absolute Gasteiger partial charge is 0.343 e. The number of esters is 2. The van der Waals surface area contributed by atoms with Gasteiger partial charge >= 0.3 is 11.9 Å². The molecule has 2 rings (SSSR count). The molecule has 0 aliphatic carbocycles. The van der Waals surface area contributed by atoms with Crippen molar-refractivity contribution in [2.45, 2.75) is 20.3 Å². The Bertz CT molecular complexity index is 806. The fourth-order valence-electron chi connectivity index (χ4n) is 2.51. The second kappa shape index (κ2) is 7.09. The summed E-state index contributed by atoms with van der Waals surface area (Å²) in [5.74, 6) is -1.22. The molecule has 122 valence electrons. The normalized spacial score (nSPS) is 10.6. The summed E-state index contributed by atoms with van der Waals surface area (Å²) in [6, 6.07) is 6.93. The van der Waals surface area contributed by atoms with Gasteiger partial charge in [0.2, 0.25) is 5.43 Å². The molecule has 0 saturated carbocycles. The molecule has 0 aliphatic heterocycles. The summed E-state index contributed by atoms with van der Waals surface area (Å²) in [4.78, 5) is 36.8. The minimum Gasteiger partial charge on any atom is -0.466 e. The number of carbonyl (C=O) groups is 2. The summed E-state index contributed by atoms with van der Waals surface area (Å²) < 4.78 is 11.6. The van der Waals surface area contributed by atoms with Crippen LogP contribution in [0, 0.1) is 0 Å². The molecule has 6 nitrogen and oxygen atoms in total. The number of benzene rings is 1. The van der Waals surface area contributed by atoms with Crippen LogP contribution in [0.1, 0.15) is 29.9 Å². The zero-order valence-electron chi connectivity index (χ0n) is 13.4. The van der Waals surface area contributed by atoms with Gasteiger partial charge in [0.05, 0.1) is 25.2 Å². The molecule has 0 unspecified atom stereocenters. The molecule has 0 aliphatic rings. The van der Waals surface area contributed by atoms with E-state index >= 15 is 0 Å². The van der Waals surface area contributed by atoms with Crippen LogP contribution in [0.15, 0.2) is 29.1 Å². The van der Waals surface area contributed by atoms with Gasteiger partial charge in [-0.25, -0.2) is 4.79 Å². The van der Waals surface area contributed by atoms with Gasteiger partial charge in [-0.2, -0.15) is 0 Å². The number of aromatic nitrogens is 1. The summed E-state index contributed by atoms with van der Waals surface area (Å²) in [5.41, 5.74) is 0.396. The summed E-state index contributed by atoms with van der Waals surface area (Å²) in [6.45, 7) is 3.74. The minimum atomic E-state index is -0.724. The van der Waals surface area contributed by atoms with Crippen molar-refractivity contribution < 1.29 is 19.1 Å². The Kier molecular flexibility index (Phi) is 5.16. The summed E-state index contributed by atoms with van der Waals surface area (Å²) in [6.07, 6.45) is -0.168. The molecule has 1 aromatic heterocycles. The van der Waals surface area contributed by atoms with E-state index in [9.17, 15) is 14.4 Å². The molecule has 0 atom stereocenters. The van der Waals surface area contributed by atoms with Gasteiger partial charge in [0.1, 0.15) is 5.56 Å². The van der Waals surface area contributed by atoms with Crippen molar-refractivity contribution in [1.82, 2.24) is 4.57 Å². The van der Waals surface area contributed by atoms with Crippen molar-refractivity contribution in [3.8, 4) is 0 Å². The van der Waals surface area contributed by atoms with Gasteiger partial charge in [-0.1, -0.05) is 12.1 Å². The van der Waals surface area contributed by atoms with Gasteiger partial charge in [0, 0.05) is 18.1 Å². The first-order valence-electron chi connectivity index (χ1n) is 7.44. The molecule has 0 fully saturated rings. The van der Waals surface area contributed by atoms with E-state index in [1.54, 1.807) is 49.7 Å². The van der Waals surface area contributed by atoms with Crippen LogP contribution in [-0.4, -0.2) is 29.7 Å².